The first-order valence-corrected chi connectivity index (χ1v) is 14.1. The monoisotopic (exact) mass is 536 g/mol. The van der Waals surface area contributed by atoms with Gasteiger partial charge in [0.2, 0.25) is 0 Å². The van der Waals surface area contributed by atoms with Gasteiger partial charge in [-0.25, -0.2) is 0 Å². The molecule has 10 heteroatoms. The van der Waals surface area contributed by atoms with Crippen LogP contribution < -0.4 is 15.8 Å². The molecule has 1 amide bonds. The number of esters is 1. The summed E-state index contributed by atoms with van der Waals surface area (Å²) >= 11 is 6.12. The minimum atomic E-state index is -0.267. The lowest BCUT2D eigenvalue weighted by molar-refractivity contribution is -0.158. The molecule has 2 bridgehead atoms. The van der Waals surface area contributed by atoms with Gasteiger partial charge in [-0.15, -0.1) is 0 Å². The van der Waals surface area contributed by atoms with Crippen LogP contribution in [0.4, 0.5) is 5.69 Å². The first-order chi connectivity index (χ1) is 17.9. The van der Waals surface area contributed by atoms with Crippen molar-refractivity contribution in [3.8, 4) is 5.75 Å². The number of unbranched alkanes of at least 4 members (excludes halogenated alkanes) is 2. The highest BCUT2D eigenvalue weighted by molar-refractivity contribution is 6.33. The number of halogens is 1. The van der Waals surface area contributed by atoms with Crippen LogP contribution in [0.1, 0.15) is 55.8 Å². The number of rotatable bonds is 12. The molecule has 4 aliphatic rings. The molecule has 37 heavy (non-hydrogen) atoms. The van der Waals surface area contributed by atoms with E-state index in [1.54, 1.807) is 6.07 Å². The highest BCUT2D eigenvalue weighted by Gasteiger charge is 2.36. The Balaban J connectivity index is 1.12. The second-order valence-corrected chi connectivity index (χ2v) is 10.7. The molecule has 0 radical (unpaired) electrons. The number of benzene rings is 1. The molecule has 5 rings (SSSR count). The van der Waals surface area contributed by atoms with Crippen LogP contribution >= 0.6 is 11.6 Å². The fourth-order valence-corrected chi connectivity index (χ4v) is 5.65. The van der Waals surface area contributed by atoms with E-state index in [4.69, 9.17) is 31.5 Å². The summed E-state index contributed by atoms with van der Waals surface area (Å²) in [5.41, 5.74) is 6.59. The number of nitrogens with one attached hydrogen (secondary N) is 1. The number of hydrogen-bond donors (Lipinski definition) is 2. The number of nitrogens with zero attached hydrogens (tertiary/aromatic N) is 2. The Kier molecular flexibility index (Phi) is 10.3. The van der Waals surface area contributed by atoms with E-state index in [9.17, 15) is 9.59 Å². The van der Waals surface area contributed by atoms with E-state index in [1.807, 2.05) is 6.92 Å². The minimum absolute atomic E-state index is 0.0455. The van der Waals surface area contributed by atoms with Gasteiger partial charge in [-0.2, -0.15) is 0 Å². The van der Waals surface area contributed by atoms with Crippen molar-refractivity contribution in [3.63, 3.8) is 0 Å². The SMILES string of the molecule is CCOc1cc(N)c(Cl)cc1C(=O)NCC1CN(CCCCCC(=O)O[C@H]2CN3CCC2CC3)CCO1. The second-order valence-electron chi connectivity index (χ2n) is 10.3. The summed E-state index contributed by atoms with van der Waals surface area (Å²) in [6.07, 6.45) is 5.70. The van der Waals surface area contributed by atoms with Crippen LogP contribution in [0, 0.1) is 5.92 Å². The molecular formula is C27H41ClN4O5. The Labute approximate surface area is 224 Å². The predicted octanol–water partition coefficient (Wildman–Crippen LogP) is 2.95. The second kappa shape index (κ2) is 13.6. The van der Waals surface area contributed by atoms with Gasteiger partial charge in [0, 0.05) is 38.7 Å². The average Bonchev–Trinajstić information content (AvgIpc) is 2.90. The molecule has 4 fully saturated rings. The van der Waals surface area contributed by atoms with E-state index < -0.39 is 0 Å². The molecule has 9 nitrogen and oxygen atoms in total. The highest BCUT2D eigenvalue weighted by Crippen LogP contribution is 2.30. The third-order valence-corrected chi connectivity index (χ3v) is 7.92. The van der Waals surface area contributed by atoms with Crippen LogP contribution in [0.2, 0.25) is 5.02 Å². The van der Waals surface area contributed by atoms with Crippen molar-refractivity contribution in [2.45, 2.75) is 57.7 Å². The maximum atomic E-state index is 12.8. The lowest BCUT2D eigenvalue weighted by Gasteiger charge is -2.43. The number of piperidine rings is 3. The maximum Gasteiger partial charge on any atom is 0.306 e. The molecule has 4 heterocycles. The third kappa shape index (κ3) is 7.96. The van der Waals surface area contributed by atoms with E-state index in [0.717, 1.165) is 71.4 Å². The summed E-state index contributed by atoms with van der Waals surface area (Å²) < 4.78 is 17.2. The van der Waals surface area contributed by atoms with E-state index in [2.05, 4.69) is 15.1 Å². The van der Waals surface area contributed by atoms with Crippen LogP contribution in [-0.2, 0) is 14.3 Å². The first-order valence-electron chi connectivity index (χ1n) is 13.7. The molecule has 0 aliphatic carbocycles. The van der Waals surface area contributed by atoms with Gasteiger partial charge in [0.1, 0.15) is 11.9 Å². The molecule has 206 valence electrons. The van der Waals surface area contributed by atoms with Gasteiger partial charge in [0.25, 0.3) is 5.91 Å². The summed E-state index contributed by atoms with van der Waals surface area (Å²) in [4.78, 5) is 29.9. The Morgan fingerprint density at radius 2 is 1.97 bits per heavy atom. The fourth-order valence-electron chi connectivity index (χ4n) is 5.48. The van der Waals surface area contributed by atoms with E-state index in [0.29, 0.717) is 54.1 Å². The number of carbonyl (C=O) groups is 2. The first kappa shape index (κ1) is 28.0. The average molecular weight is 537 g/mol. The van der Waals surface area contributed by atoms with E-state index in [1.165, 1.54) is 6.07 Å². The van der Waals surface area contributed by atoms with Gasteiger partial charge in [0.15, 0.2) is 0 Å². The zero-order valence-corrected chi connectivity index (χ0v) is 22.6. The van der Waals surface area contributed by atoms with E-state index in [-0.39, 0.29) is 24.1 Å². The van der Waals surface area contributed by atoms with Gasteiger partial charge in [-0.1, -0.05) is 18.0 Å². The molecule has 4 aliphatic heterocycles. The largest absolute Gasteiger partial charge is 0.493 e. The molecule has 1 unspecified atom stereocenters. The number of ether oxygens (including phenoxy) is 3. The molecule has 1 aromatic rings. The Morgan fingerprint density at radius 1 is 1.16 bits per heavy atom. The van der Waals surface area contributed by atoms with Crippen molar-refractivity contribution in [1.29, 1.82) is 0 Å². The predicted molar refractivity (Wildman–Crippen MR) is 143 cm³/mol. The molecule has 2 atom stereocenters. The summed E-state index contributed by atoms with van der Waals surface area (Å²) in [7, 11) is 0. The van der Waals surface area contributed by atoms with Gasteiger partial charge in [0.05, 0.1) is 35.6 Å². The Hall–Kier alpha value is -2.07. The molecule has 0 spiro atoms. The lowest BCUT2D eigenvalue weighted by atomic mass is 9.86. The van der Waals surface area contributed by atoms with Crippen molar-refractivity contribution in [2.75, 3.05) is 64.8 Å². The number of amides is 1. The van der Waals surface area contributed by atoms with E-state index >= 15 is 0 Å². The van der Waals surface area contributed by atoms with Crippen LogP contribution in [0.15, 0.2) is 12.1 Å². The summed E-state index contributed by atoms with van der Waals surface area (Å²) in [5, 5.41) is 3.26. The van der Waals surface area contributed by atoms with Gasteiger partial charge < -0.3 is 25.3 Å². The smallest absolute Gasteiger partial charge is 0.306 e. The van der Waals surface area contributed by atoms with Gasteiger partial charge in [-0.05, 0) is 64.2 Å². The zero-order valence-electron chi connectivity index (χ0n) is 21.9. The van der Waals surface area contributed by atoms with Crippen molar-refractivity contribution in [2.24, 2.45) is 5.92 Å². The minimum Gasteiger partial charge on any atom is -0.493 e. The zero-order chi connectivity index (χ0) is 26.2. The summed E-state index contributed by atoms with van der Waals surface area (Å²) in [6, 6.07) is 3.12. The topological polar surface area (TPSA) is 106 Å². The molecule has 0 aromatic heterocycles. The molecule has 3 N–H and O–H groups in total. The summed E-state index contributed by atoms with van der Waals surface area (Å²) in [5.74, 6) is 0.664. The van der Waals surface area contributed by atoms with Crippen LogP contribution in [-0.4, -0.2) is 92.9 Å². The number of nitrogens with two attached hydrogens (primary N) is 1. The number of carbonyl (C=O) groups excluding carboxylic acids is 2. The molecule has 1 aromatic carbocycles. The quantitative estimate of drug-likeness (QED) is 0.238. The fraction of sp³-hybridized carbons (Fsp3) is 0.704. The normalized spacial score (nSPS) is 25.6. The van der Waals surface area contributed by atoms with Crippen molar-refractivity contribution < 1.29 is 23.8 Å². The number of morpholine rings is 1. The number of fused-ring (bicyclic) bond motifs is 3. The standard InChI is InChI=1S/C27H41ClN4O5/c1-2-35-24-15-23(29)22(28)14-21(24)27(34)30-16-20-17-31(12-13-36-20)9-5-3-4-6-26(33)37-25-18-32-10-7-19(25)8-11-32/h14-15,19-20,25H,2-13,16-18,29H2,1H3,(H,30,34)/t20?,25-/m0/s1. The Morgan fingerprint density at radius 3 is 2.70 bits per heavy atom. The number of nitrogen functional groups attached to an aromatic ring is 1. The van der Waals surface area contributed by atoms with Gasteiger partial charge >= 0.3 is 5.97 Å². The van der Waals surface area contributed by atoms with Crippen LogP contribution in [0.3, 0.4) is 0 Å². The molecule has 4 saturated heterocycles. The summed E-state index contributed by atoms with van der Waals surface area (Å²) in [6.45, 7) is 9.08. The number of hydrogen-bond acceptors (Lipinski definition) is 8. The Bertz CT molecular complexity index is 924. The maximum absolute atomic E-state index is 12.8. The van der Waals surface area contributed by atoms with Gasteiger partial charge in [-0.3, -0.25) is 19.4 Å². The lowest BCUT2D eigenvalue weighted by Crippen LogP contribution is -2.51. The molecular weight excluding hydrogens is 496 g/mol. The van der Waals surface area contributed by atoms with Crippen molar-refractivity contribution in [3.05, 3.63) is 22.7 Å². The van der Waals surface area contributed by atoms with Crippen molar-refractivity contribution in [1.82, 2.24) is 15.1 Å². The molecule has 0 saturated carbocycles. The van der Waals surface area contributed by atoms with Crippen LogP contribution in [0.25, 0.3) is 0 Å². The van der Waals surface area contributed by atoms with Crippen molar-refractivity contribution >= 4 is 29.2 Å². The third-order valence-electron chi connectivity index (χ3n) is 7.59. The highest BCUT2D eigenvalue weighted by atomic mass is 35.5. The number of anilines is 1. The van der Waals surface area contributed by atoms with Crippen LogP contribution in [0.5, 0.6) is 5.75 Å².